The largest absolute Gasteiger partial charge is 0.853 e. The molecule has 4 nitrogen and oxygen atoms in total. The smallest absolute Gasteiger partial charge is 0.214 e. The van der Waals surface area contributed by atoms with Gasteiger partial charge in [-0.1, -0.05) is 64.1 Å². The molecule has 1 aliphatic rings. The molecule has 31 heavy (non-hydrogen) atoms. The van der Waals surface area contributed by atoms with E-state index in [0.717, 1.165) is 31.7 Å². The number of aliphatic hydroxyl groups is 1. The molecule has 1 N–H and O–H groups in total. The second-order valence-corrected chi connectivity index (χ2v) is 9.00. The lowest BCUT2D eigenvalue weighted by Gasteiger charge is -2.21. The van der Waals surface area contributed by atoms with Crippen molar-refractivity contribution in [2.75, 3.05) is 24.7 Å². The molecule has 1 aliphatic heterocycles. The Labute approximate surface area is 195 Å². The van der Waals surface area contributed by atoms with Gasteiger partial charge in [0.05, 0.1) is 16.1 Å². The number of allylic oxidation sites excluding steroid dienone is 4. The summed E-state index contributed by atoms with van der Waals surface area (Å²) >= 11 is 5.23. The molecule has 4 rings (SSSR count). The molecule has 0 aliphatic carbocycles. The van der Waals surface area contributed by atoms with Gasteiger partial charge in [-0.3, -0.25) is 0 Å². The third-order valence-corrected chi connectivity index (χ3v) is 6.67. The van der Waals surface area contributed by atoms with E-state index in [-0.39, 0.29) is 13.2 Å². The number of hydrogen-bond donors (Lipinski definition) is 1. The fraction of sp³-hybridized carbons (Fsp3) is 0.160. The Bertz CT molecular complexity index is 1170. The van der Waals surface area contributed by atoms with Crippen LogP contribution in [0.5, 0.6) is 0 Å². The molecule has 2 aromatic carbocycles. The van der Waals surface area contributed by atoms with Gasteiger partial charge in [0, 0.05) is 28.0 Å². The van der Waals surface area contributed by atoms with Crippen LogP contribution in [-0.2, 0) is 6.54 Å². The van der Waals surface area contributed by atoms with Crippen LogP contribution in [-0.4, -0.2) is 24.9 Å². The predicted octanol–water partition coefficient (Wildman–Crippen LogP) is 4.27. The fourth-order valence-electron chi connectivity index (χ4n) is 3.64. The van der Waals surface area contributed by atoms with E-state index >= 15 is 0 Å². The van der Waals surface area contributed by atoms with Crippen LogP contribution in [0.25, 0.3) is 17.0 Å². The number of thioether (sulfide) groups is 1. The number of pyridine rings is 1. The lowest BCUT2D eigenvalue weighted by molar-refractivity contribution is -0.672. The summed E-state index contributed by atoms with van der Waals surface area (Å²) in [5.74, 6) is 0. The van der Waals surface area contributed by atoms with Crippen molar-refractivity contribution in [3.63, 3.8) is 0 Å². The molecule has 0 spiro atoms. The normalized spacial score (nSPS) is 15.1. The Morgan fingerprint density at radius 2 is 1.97 bits per heavy atom. The molecule has 6 heteroatoms. The highest BCUT2D eigenvalue weighted by molar-refractivity contribution is 9.10. The minimum atomic E-state index is -0.136. The highest BCUT2D eigenvalue weighted by Crippen LogP contribution is 2.45. The van der Waals surface area contributed by atoms with Crippen molar-refractivity contribution in [2.45, 2.75) is 11.4 Å². The predicted molar refractivity (Wildman–Crippen MR) is 130 cm³/mol. The van der Waals surface area contributed by atoms with E-state index in [0.29, 0.717) is 13.1 Å². The van der Waals surface area contributed by atoms with Gasteiger partial charge in [-0.25, -0.2) is 0 Å². The van der Waals surface area contributed by atoms with E-state index in [9.17, 15) is 10.2 Å². The zero-order valence-electron chi connectivity index (χ0n) is 16.9. The fourth-order valence-corrected chi connectivity index (χ4v) is 5.09. The summed E-state index contributed by atoms with van der Waals surface area (Å²) in [4.78, 5) is 3.27. The van der Waals surface area contributed by atoms with Crippen LogP contribution in [0, 0.1) is 0 Å². The van der Waals surface area contributed by atoms with E-state index in [1.54, 1.807) is 11.8 Å². The number of anilines is 1. The van der Waals surface area contributed by atoms with Gasteiger partial charge < -0.3 is 15.1 Å². The molecule has 0 bridgehead atoms. The Hall–Kier alpha value is -2.38. The number of aliphatic hydroxyl groups excluding tert-OH is 1. The van der Waals surface area contributed by atoms with Crippen molar-refractivity contribution in [2.24, 2.45) is 0 Å². The number of para-hydroxylation sites is 1. The first-order valence-corrected chi connectivity index (χ1v) is 11.7. The lowest BCUT2D eigenvalue weighted by atomic mass is 10.1. The summed E-state index contributed by atoms with van der Waals surface area (Å²) in [6.07, 6.45) is 12.2. The topological polar surface area (TPSA) is 50.4 Å². The van der Waals surface area contributed by atoms with Crippen LogP contribution in [0.4, 0.5) is 5.69 Å². The average molecular weight is 495 g/mol. The number of aromatic nitrogens is 1. The van der Waals surface area contributed by atoms with Crippen molar-refractivity contribution in [3.05, 3.63) is 94.1 Å². The second kappa shape index (κ2) is 10.3. The molecule has 0 saturated heterocycles. The Balaban J connectivity index is 1.54. The molecule has 1 aromatic heterocycles. The molecule has 0 radical (unpaired) electrons. The third kappa shape index (κ3) is 4.93. The van der Waals surface area contributed by atoms with E-state index in [1.807, 2.05) is 42.6 Å². The highest BCUT2D eigenvalue weighted by Gasteiger charge is 2.22. The summed E-state index contributed by atoms with van der Waals surface area (Å²) < 4.78 is 3.06. The molecule has 3 aromatic rings. The SMILES string of the molecule is [O-]CCN1/C(=C/C=C/C=C/c2cc[n+](CCO)c3cc(Br)ccc23)Sc2ccccc21. The van der Waals surface area contributed by atoms with E-state index in [2.05, 4.69) is 67.9 Å². The number of rotatable bonds is 7. The van der Waals surface area contributed by atoms with Crippen LogP contribution in [0.2, 0.25) is 0 Å². The third-order valence-electron chi connectivity index (χ3n) is 5.04. The molecular weight excluding hydrogens is 472 g/mol. The van der Waals surface area contributed by atoms with Gasteiger partial charge >= 0.3 is 0 Å². The van der Waals surface area contributed by atoms with Gasteiger partial charge in [0.2, 0.25) is 5.52 Å². The lowest BCUT2D eigenvalue weighted by Crippen LogP contribution is -2.36. The number of hydrogen-bond acceptors (Lipinski definition) is 4. The van der Waals surface area contributed by atoms with Gasteiger partial charge in [-0.05, 0) is 35.9 Å². The minimum absolute atomic E-state index is 0.101. The minimum Gasteiger partial charge on any atom is -0.853 e. The Kier molecular flexibility index (Phi) is 7.25. The summed E-state index contributed by atoms with van der Waals surface area (Å²) in [6.45, 7) is 0.997. The maximum atomic E-state index is 11.2. The summed E-state index contributed by atoms with van der Waals surface area (Å²) in [7, 11) is 0. The van der Waals surface area contributed by atoms with Crippen LogP contribution >= 0.6 is 27.7 Å². The van der Waals surface area contributed by atoms with Gasteiger partial charge in [-0.2, -0.15) is 4.57 Å². The number of fused-ring (bicyclic) bond motifs is 2. The van der Waals surface area contributed by atoms with Crippen molar-refractivity contribution in [1.82, 2.24) is 0 Å². The van der Waals surface area contributed by atoms with E-state index < -0.39 is 0 Å². The molecule has 0 saturated carbocycles. The number of halogens is 1. The van der Waals surface area contributed by atoms with Gasteiger partial charge in [-0.15, -0.1) is 6.61 Å². The Morgan fingerprint density at radius 1 is 1.10 bits per heavy atom. The number of benzene rings is 2. The monoisotopic (exact) mass is 494 g/mol. The summed E-state index contributed by atoms with van der Waals surface area (Å²) in [6, 6.07) is 16.4. The zero-order valence-corrected chi connectivity index (χ0v) is 19.3. The first-order valence-electron chi connectivity index (χ1n) is 10.1. The first-order chi connectivity index (χ1) is 15.2. The molecule has 0 unspecified atom stereocenters. The van der Waals surface area contributed by atoms with Crippen LogP contribution in [0.3, 0.4) is 0 Å². The maximum absolute atomic E-state index is 11.2. The first kappa shape index (κ1) is 21.8. The maximum Gasteiger partial charge on any atom is 0.214 e. The molecule has 0 amide bonds. The molecule has 0 atom stereocenters. The van der Waals surface area contributed by atoms with Crippen LogP contribution in [0.1, 0.15) is 5.56 Å². The standard InChI is InChI=1S/C25H23BrN2O2S/c26-20-10-11-21-19(12-13-27(14-16-29)23(21)18-20)6-2-1-3-9-25-28(15-17-30)22-7-4-5-8-24(22)31-25/h1-13,18,29H,14-17H2. The molecular formula is C25H23BrN2O2S. The Morgan fingerprint density at radius 3 is 2.81 bits per heavy atom. The highest BCUT2D eigenvalue weighted by atomic mass is 79.9. The van der Waals surface area contributed by atoms with E-state index in [4.69, 9.17) is 0 Å². The van der Waals surface area contributed by atoms with Crippen molar-refractivity contribution in [3.8, 4) is 0 Å². The van der Waals surface area contributed by atoms with Gasteiger partial charge in [0.15, 0.2) is 12.7 Å². The molecule has 2 heterocycles. The van der Waals surface area contributed by atoms with Crippen molar-refractivity contribution >= 4 is 50.4 Å². The second-order valence-electron chi connectivity index (χ2n) is 7.02. The van der Waals surface area contributed by atoms with Gasteiger partial charge in [0.1, 0.15) is 6.61 Å². The van der Waals surface area contributed by atoms with Crippen molar-refractivity contribution in [1.29, 1.82) is 0 Å². The quantitative estimate of drug-likeness (QED) is 0.393. The summed E-state index contributed by atoms with van der Waals surface area (Å²) in [5.41, 5.74) is 3.30. The van der Waals surface area contributed by atoms with E-state index in [1.165, 1.54) is 4.90 Å². The zero-order chi connectivity index (χ0) is 21.6. The number of nitrogens with zero attached hydrogens (tertiary/aromatic N) is 2. The molecule has 158 valence electrons. The molecule has 0 fully saturated rings. The average Bonchev–Trinajstić information content (AvgIpc) is 3.12. The van der Waals surface area contributed by atoms with Gasteiger partial charge in [0.25, 0.3) is 0 Å². The van der Waals surface area contributed by atoms with Crippen LogP contribution < -0.4 is 14.6 Å². The van der Waals surface area contributed by atoms with Crippen LogP contribution in [0.15, 0.2) is 93.4 Å². The summed E-state index contributed by atoms with van der Waals surface area (Å²) in [5, 5.41) is 22.8. The van der Waals surface area contributed by atoms with Crippen molar-refractivity contribution < 1.29 is 14.8 Å².